The molecule has 2 atom stereocenters. The minimum atomic E-state index is 0. The summed E-state index contributed by atoms with van der Waals surface area (Å²) in [6, 6.07) is 16.5. The van der Waals surface area contributed by atoms with Gasteiger partial charge in [0.05, 0.1) is 17.6 Å². The zero-order valence-corrected chi connectivity index (χ0v) is 27.4. The minimum Gasteiger partial charge on any atom is -0.412 e. The smallest absolute Gasteiger partial charge is 0.123 e. The van der Waals surface area contributed by atoms with Gasteiger partial charge < -0.3 is 24.9 Å². The second-order valence-electron chi connectivity index (χ2n) is 9.61. The summed E-state index contributed by atoms with van der Waals surface area (Å²) in [5, 5.41) is 0. The summed E-state index contributed by atoms with van der Waals surface area (Å²) in [4.78, 5) is 29.6. The summed E-state index contributed by atoms with van der Waals surface area (Å²) in [6.07, 6.45) is 12.6. The predicted octanol–water partition coefficient (Wildman–Crippen LogP) is 4.67. The number of aliphatic imine (C=N–C) groups is 2. The number of fused-ring (bicyclic) bond motifs is 1. The minimum absolute atomic E-state index is 0. The van der Waals surface area contributed by atoms with Crippen molar-refractivity contribution in [2.24, 2.45) is 9.98 Å². The Morgan fingerprint density at radius 2 is 1.55 bits per heavy atom. The number of aromatic amines is 2. The summed E-state index contributed by atoms with van der Waals surface area (Å²) < 4.78 is 0. The molecule has 4 heterocycles. The van der Waals surface area contributed by atoms with E-state index in [1.54, 1.807) is 18.3 Å². The van der Waals surface area contributed by atoms with E-state index in [0.717, 1.165) is 59.9 Å². The molecule has 2 aliphatic rings. The zero-order chi connectivity index (χ0) is 24.5. The van der Waals surface area contributed by atoms with Crippen molar-refractivity contribution in [2.45, 2.75) is 37.8 Å². The Kier molecular flexibility index (Phi) is 10.3. The largest absolute Gasteiger partial charge is 0.412 e. The van der Waals surface area contributed by atoms with Crippen molar-refractivity contribution in [3.8, 4) is 0 Å². The van der Waals surface area contributed by atoms with Crippen LogP contribution < -0.4 is 0 Å². The molecule has 0 aliphatic carbocycles. The van der Waals surface area contributed by atoms with Crippen LogP contribution in [-0.4, -0.2) is 69.3 Å². The summed E-state index contributed by atoms with van der Waals surface area (Å²) >= 11 is 0. The van der Waals surface area contributed by atoms with Gasteiger partial charge in [-0.05, 0) is 71.0 Å². The van der Waals surface area contributed by atoms with Crippen LogP contribution in [0.25, 0.3) is 11.0 Å². The molecule has 10 heteroatoms. The van der Waals surface area contributed by atoms with E-state index in [-0.39, 0.29) is 65.4 Å². The number of H-pyrrole nitrogens is 2. The quantitative estimate of drug-likeness (QED) is 0.234. The van der Waals surface area contributed by atoms with Crippen LogP contribution in [0.1, 0.15) is 60.7 Å². The number of benzene rings is 2. The van der Waals surface area contributed by atoms with Gasteiger partial charge in [0.15, 0.2) is 0 Å². The number of hydrogen-bond donors (Lipinski definition) is 2. The normalized spacial score (nSPS) is 20.5. The van der Waals surface area contributed by atoms with E-state index in [4.69, 9.17) is 4.98 Å². The number of hydrogen-bond acceptors (Lipinski definition) is 6. The van der Waals surface area contributed by atoms with E-state index in [2.05, 4.69) is 73.4 Å². The van der Waals surface area contributed by atoms with E-state index < -0.39 is 0 Å². The topological polar surface area (TPSA) is 88.6 Å². The van der Waals surface area contributed by atoms with Gasteiger partial charge in [-0.15, -0.1) is 17.7 Å². The van der Waals surface area contributed by atoms with Crippen molar-refractivity contribution in [3.63, 3.8) is 0 Å². The van der Waals surface area contributed by atoms with Gasteiger partial charge in [0.1, 0.15) is 11.6 Å². The van der Waals surface area contributed by atoms with Gasteiger partial charge in [-0.1, -0.05) is 12.3 Å². The number of nitrogens with one attached hydrogen (secondary N) is 2. The number of rotatable bonds is 6. The van der Waals surface area contributed by atoms with Gasteiger partial charge in [-0.3, -0.25) is 28.0 Å². The van der Waals surface area contributed by atoms with Crippen molar-refractivity contribution in [2.75, 3.05) is 27.2 Å². The Morgan fingerprint density at radius 3 is 2.18 bits per heavy atom. The first-order chi connectivity index (χ1) is 17.6. The molecule has 0 saturated carbocycles. The number of nitrogens with zero attached hydrogens (tertiary/aromatic N) is 6. The molecule has 0 bridgehead atoms. The molecule has 2 aromatic carbocycles. The molecule has 2 aromatic heterocycles. The van der Waals surface area contributed by atoms with Crippen LogP contribution in [0, 0.1) is 12.1 Å². The van der Waals surface area contributed by atoms with Crippen molar-refractivity contribution in [1.82, 2.24) is 29.7 Å². The van der Waals surface area contributed by atoms with Gasteiger partial charge in [0.25, 0.3) is 0 Å². The first-order valence-corrected chi connectivity index (χ1v) is 12.4. The van der Waals surface area contributed by atoms with Crippen LogP contribution in [0.15, 0.2) is 46.5 Å². The zero-order valence-electron chi connectivity index (χ0n) is 21.7. The van der Waals surface area contributed by atoms with Crippen LogP contribution >= 0.6 is 0 Å². The molecule has 0 unspecified atom stereocenters. The molecule has 2 fully saturated rings. The van der Waals surface area contributed by atoms with Crippen molar-refractivity contribution < 1.29 is 65.4 Å². The van der Waals surface area contributed by atoms with Gasteiger partial charge in [-0.25, -0.2) is 11.1 Å². The Bertz CT molecular complexity index is 1410. The molecule has 2 radical (unpaired) electrons. The molecule has 2 N–H and O–H groups in total. The maximum atomic E-state index is 4.79. The molecule has 2 saturated heterocycles. The van der Waals surface area contributed by atoms with Crippen molar-refractivity contribution in [1.29, 1.82) is 0 Å². The van der Waals surface area contributed by atoms with Crippen LogP contribution in [-0.2, 0) is 65.4 Å². The predicted molar refractivity (Wildman–Crippen MR) is 140 cm³/mol. The first kappa shape index (κ1) is 29.6. The Labute approximate surface area is 274 Å². The van der Waals surface area contributed by atoms with Gasteiger partial charge in [-0.2, -0.15) is 11.4 Å². The third kappa shape index (κ3) is 6.65. The number of aromatic nitrogens is 4. The standard InChI is InChI=1S/C28H28N8.2Y/c1-35-13-3-5-25(35)27-31-18-22(32-27)17-30-21-10-8-20(9-11-21)29-16-19-7-12-23-24(15-19)34-28(33-23)26-6-4-14-36(26)2;;/h7-8,11-12,15,18,25-26H,3-6,13-14H2,1-2H3,(H,31,32)(H,33,34);;/q-4;;/t25-,26-;;/m0../s1. The average molecular weight is 654 g/mol. The summed E-state index contributed by atoms with van der Waals surface area (Å²) in [7, 11) is 4.29. The fourth-order valence-corrected chi connectivity index (χ4v) is 5.07. The van der Waals surface area contributed by atoms with Crippen LogP contribution in [0.5, 0.6) is 0 Å². The van der Waals surface area contributed by atoms with E-state index in [0.29, 0.717) is 23.5 Å². The second-order valence-corrected chi connectivity index (χ2v) is 9.61. The maximum absolute atomic E-state index is 4.79. The molecule has 190 valence electrons. The summed E-state index contributed by atoms with van der Waals surface area (Å²) in [5.74, 6) is 2.01. The Balaban J connectivity index is 0.00000168. The van der Waals surface area contributed by atoms with Crippen molar-refractivity contribution >= 4 is 34.8 Å². The summed E-state index contributed by atoms with van der Waals surface area (Å²) in [6.45, 7) is 2.22. The van der Waals surface area contributed by atoms with Crippen LogP contribution in [0.2, 0.25) is 0 Å². The summed E-state index contributed by atoms with van der Waals surface area (Å²) in [5.41, 5.74) is 4.87. The molecule has 4 aromatic rings. The van der Waals surface area contributed by atoms with E-state index >= 15 is 0 Å². The first-order valence-electron chi connectivity index (χ1n) is 12.4. The van der Waals surface area contributed by atoms with Crippen LogP contribution in [0.3, 0.4) is 0 Å². The van der Waals surface area contributed by atoms with Crippen molar-refractivity contribution in [3.05, 3.63) is 71.6 Å². The SMILES string of the molecule is CN1CCC[C@H]1c1ncc([C-]=Nc2[c-]cc(N=[C-]c3ccc4nc([C@@H]5CCCN5C)[nH]c4c3)[c-]c2)[nH]1.[Y].[Y]. The molecular weight excluding hydrogens is 626 g/mol. The van der Waals surface area contributed by atoms with Gasteiger partial charge >= 0.3 is 0 Å². The molecule has 38 heavy (non-hydrogen) atoms. The molecule has 6 rings (SSSR count). The number of likely N-dealkylation sites (tertiary alicyclic amines) is 2. The third-order valence-electron chi connectivity index (χ3n) is 7.08. The van der Waals surface area contributed by atoms with E-state index in [1.165, 1.54) is 12.8 Å². The molecular formula is C28H28N8Y2-4. The van der Waals surface area contributed by atoms with Gasteiger partial charge in [0, 0.05) is 70.9 Å². The maximum Gasteiger partial charge on any atom is 0.123 e. The number of imidazole rings is 2. The molecule has 8 nitrogen and oxygen atoms in total. The molecule has 0 amide bonds. The second kappa shape index (κ2) is 13.3. The molecule has 0 spiro atoms. The average Bonchev–Trinajstić information content (AvgIpc) is 3.68. The van der Waals surface area contributed by atoms with E-state index in [1.807, 2.05) is 18.2 Å². The monoisotopic (exact) mass is 654 g/mol. The third-order valence-corrected chi connectivity index (χ3v) is 7.08. The van der Waals surface area contributed by atoms with E-state index in [9.17, 15) is 0 Å². The van der Waals surface area contributed by atoms with Gasteiger partial charge in [0.2, 0.25) is 0 Å². The molecule has 2 aliphatic heterocycles. The van der Waals surface area contributed by atoms with Crippen LogP contribution in [0.4, 0.5) is 11.4 Å². The fourth-order valence-electron chi connectivity index (χ4n) is 5.07. The Hall–Kier alpha value is -1.41. The fraction of sp³-hybridized carbons (Fsp3) is 0.357. The Morgan fingerprint density at radius 1 is 0.895 bits per heavy atom.